The van der Waals surface area contributed by atoms with Gasteiger partial charge in [0.05, 0.1) is 0 Å². The molecule has 100 valence electrons. The van der Waals surface area contributed by atoms with Crippen molar-refractivity contribution >= 4 is 5.91 Å². The lowest BCUT2D eigenvalue weighted by Gasteiger charge is -2.38. The lowest BCUT2D eigenvalue weighted by Crippen LogP contribution is -2.44. The molecule has 2 N–H and O–H groups in total. The number of rotatable bonds is 7. The highest BCUT2D eigenvalue weighted by molar-refractivity contribution is 5.76. The van der Waals surface area contributed by atoms with E-state index in [2.05, 4.69) is 31.4 Å². The molecule has 1 unspecified atom stereocenters. The summed E-state index contributed by atoms with van der Waals surface area (Å²) in [6.45, 7) is 9.53. The van der Waals surface area contributed by atoms with E-state index >= 15 is 0 Å². The molecule has 0 aromatic heterocycles. The summed E-state index contributed by atoms with van der Waals surface area (Å²) in [6, 6.07) is 0.954. The van der Waals surface area contributed by atoms with Crippen LogP contribution in [0.25, 0.3) is 0 Å². The first-order chi connectivity index (χ1) is 8.02. The van der Waals surface area contributed by atoms with E-state index in [4.69, 9.17) is 0 Å². The first-order valence-electron chi connectivity index (χ1n) is 7.05. The van der Waals surface area contributed by atoms with Crippen LogP contribution in [0.1, 0.15) is 53.4 Å². The van der Waals surface area contributed by atoms with Gasteiger partial charge in [0.1, 0.15) is 0 Å². The zero-order valence-electron chi connectivity index (χ0n) is 11.8. The molecule has 3 heteroatoms. The summed E-state index contributed by atoms with van der Waals surface area (Å²) < 4.78 is 0. The number of carbonyl (C=O) groups is 1. The monoisotopic (exact) mass is 240 g/mol. The van der Waals surface area contributed by atoms with Crippen LogP contribution < -0.4 is 10.6 Å². The Hall–Kier alpha value is -0.570. The number of hydrogen-bond acceptors (Lipinski definition) is 2. The molecule has 1 atom stereocenters. The van der Waals surface area contributed by atoms with Crippen LogP contribution in [0.4, 0.5) is 0 Å². The van der Waals surface area contributed by atoms with E-state index in [1.165, 1.54) is 12.8 Å². The SMILES string of the molecule is CCC(C)NC(=O)CCNC1CC(C(C)C)C1. The second-order valence-corrected chi connectivity index (χ2v) is 5.75. The minimum atomic E-state index is 0.173. The molecule has 0 aromatic carbocycles. The van der Waals surface area contributed by atoms with E-state index in [9.17, 15) is 4.79 Å². The number of carbonyl (C=O) groups excluding carboxylic acids is 1. The van der Waals surface area contributed by atoms with Crippen LogP contribution in [-0.4, -0.2) is 24.5 Å². The van der Waals surface area contributed by atoms with Gasteiger partial charge in [0, 0.05) is 25.0 Å². The Labute approximate surface area is 106 Å². The Balaban J connectivity index is 2.00. The molecule has 1 amide bonds. The van der Waals surface area contributed by atoms with Gasteiger partial charge < -0.3 is 10.6 Å². The molecule has 3 nitrogen and oxygen atoms in total. The van der Waals surface area contributed by atoms with Gasteiger partial charge in [0.15, 0.2) is 0 Å². The standard InChI is InChI=1S/C14H28N2O/c1-5-11(4)16-14(17)6-7-15-13-8-12(9-13)10(2)3/h10-13,15H,5-9H2,1-4H3,(H,16,17). The molecule has 1 fully saturated rings. The van der Waals surface area contributed by atoms with E-state index < -0.39 is 0 Å². The summed E-state index contributed by atoms with van der Waals surface area (Å²) in [5.41, 5.74) is 0. The lowest BCUT2D eigenvalue weighted by atomic mass is 9.74. The van der Waals surface area contributed by atoms with Crippen molar-refractivity contribution < 1.29 is 4.79 Å². The fourth-order valence-electron chi connectivity index (χ4n) is 2.21. The molecular formula is C14H28N2O. The summed E-state index contributed by atoms with van der Waals surface area (Å²) in [7, 11) is 0. The number of amides is 1. The topological polar surface area (TPSA) is 41.1 Å². The van der Waals surface area contributed by atoms with E-state index in [-0.39, 0.29) is 5.91 Å². The van der Waals surface area contributed by atoms with Gasteiger partial charge in [0.25, 0.3) is 0 Å². The minimum Gasteiger partial charge on any atom is -0.354 e. The Kier molecular flexibility index (Phi) is 5.96. The molecule has 0 aliphatic heterocycles. The summed E-state index contributed by atoms with van der Waals surface area (Å²) >= 11 is 0. The number of nitrogens with one attached hydrogen (secondary N) is 2. The lowest BCUT2D eigenvalue weighted by molar-refractivity contribution is -0.121. The average molecular weight is 240 g/mol. The van der Waals surface area contributed by atoms with E-state index in [1.54, 1.807) is 0 Å². The van der Waals surface area contributed by atoms with Crippen LogP contribution in [0.15, 0.2) is 0 Å². The van der Waals surface area contributed by atoms with Crippen LogP contribution in [0.3, 0.4) is 0 Å². The van der Waals surface area contributed by atoms with Crippen LogP contribution in [0.2, 0.25) is 0 Å². The summed E-state index contributed by atoms with van der Waals surface area (Å²) in [5, 5.41) is 6.45. The van der Waals surface area contributed by atoms with Crippen molar-refractivity contribution in [1.29, 1.82) is 0 Å². The quantitative estimate of drug-likeness (QED) is 0.717. The van der Waals surface area contributed by atoms with E-state index in [0.29, 0.717) is 18.5 Å². The third kappa shape index (κ3) is 5.07. The van der Waals surface area contributed by atoms with Gasteiger partial charge in [-0.05, 0) is 38.0 Å². The molecule has 0 heterocycles. The van der Waals surface area contributed by atoms with Gasteiger partial charge in [-0.2, -0.15) is 0 Å². The Morgan fingerprint density at radius 2 is 1.94 bits per heavy atom. The van der Waals surface area contributed by atoms with Gasteiger partial charge in [-0.25, -0.2) is 0 Å². The molecule has 0 saturated heterocycles. The first-order valence-corrected chi connectivity index (χ1v) is 7.05. The maximum Gasteiger partial charge on any atom is 0.221 e. The largest absolute Gasteiger partial charge is 0.354 e. The predicted molar refractivity (Wildman–Crippen MR) is 71.9 cm³/mol. The zero-order chi connectivity index (χ0) is 12.8. The molecule has 1 rings (SSSR count). The van der Waals surface area contributed by atoms with Crippen molar-refractivity contribution in [2.45, 2.75) is 65.5 Å². The zero-order valence-corrected chi connectivity index (χ0v) is 11.8. The maximum atomic E-state index is 11.5. The van der Waals surface area contributed by atoms with Crippen LogP contribution in [0.5, 0.6) is 0 Å². The van der Waals surface area contributed by atoms with Crippen LogP contribution in [-0.2, 0) is 4.79 Å². The maximum absolute atomic E-state index is 11.5. The van der Waals surface area contributed by atoms with Crippen LogP contribution in [0, 0.1) is 11.8 Å². The second kappa shape index (κ2) is 7.00. The summed E-state index contributed by atoms with van der Waals surface area (Å²) in [6.07, 6.45) is 4.17. The predicted octanol–water partition coefficient (Wildman–Crippen LogP) is 2.32. The Morgan fingerprint density at radius 3 is 2.47 bits per heavy atom. The third-order valence-electron chi connectivity index (χ3n) is 3.92. The minimum absolute atomic E-state index is 0.173. The normalized spacial score (nSPS) is 25.5. The Morgan fingerprint density at radius 1 is 1.29 bits per heavy atom. The first kappa shape index (κ1) is 14.5. The van der Waals surface area contributed by atoms with Gasteiger partial charge >= 0.3 is 0 Å². The molecule has 0 bridgehead atoms. The molecule has 17 heavy (non-hydrogen) atoms. The van der Waals surface area contributed by atoms with Crippen molar-refractivity contribution in [3.8, 4) is 0 Å². The highest BCUT2D eigenvalue weighted by atomic mass is 16.1. The van der Waals surface area contributed by atoms with Gasteiger partial charge in [-0.15, -0.1) is 0 Å². The fraction of sp³-hybridized carbons (Fsp3) is 0.929. The highest BCUT2D eigenvalue weighted by Crippen LogP contribution is 2.33. The summed E-state index contributed by atoms with van der Waals surface area (Å²) in [5.74, 6) is 1.87. The van der Waals surface area contributed by atoms with Crippen molar-refractivity contribution in [2.24, 2.45) is 11.8 Å². The average Bonchev–Trinajstić information content (AvgIpc) is 2.20. The van der Waals surface area contributed by atoms with Gasteiger partial charge in [0.2, 0.25) is 5.91 Å². The molecule has 0 spiro atoms. The third-order valence-corrected chi connectivity index (χ3v) is 3.92. The molecule has 1 aliphatic carbocycles. The highest BCUT2D eigenvalue weighted by Gasteiger charge is 2.30. The van der Waals surface area contributed by atoms with Gasteiger partial charge in [-0.1, -0.05) is 20.8 Å². The fourth-order valence-corrected chi connectivity index (χ4v) is 2.21. The van der Waals surface area contributed by atoms with E-state index in [1.807, 2.05) is 6.92 Å². The summed E-state index contributed by atoms with van der Waals surface area (Å²) in [4.78, 5) is 11.5. The molecular weight excluding hydrogens is 212 g/mol. The van der Waals surface area contributed by atoms with E-state index in [0.717, 1.165) is 24.8 Å². The molecule has 1 saturated carbocycles. The van der Waals surface area contributed by atoms with Gasteiger partial charge in [-0.3, -0.25) is 4.79 Å². The molecule has 0 aromatic rings. The van der Waals surface area contributed by atoms with Crippen molar-refractivity contribution in [3.63, 3.8) is 0 Å². The molecule has 1 aliphatic rings. The number of hydrogen-bond donors (Lipinski definition) is 2. The molecule has 0 radical (unpaired) electrons. The smallest absolute Gasteiger partial charge is 0.221 e. The van der Waals surface area contributed by atoms with Crippen molar-refractivity contribution in [3.05, 3.63) is 0 Å². The van der Waals surface area contributed by atoms with Crippen molar-refractivity contribution in [1.82, 2.24) is 10.6 Å². The second-order valence-electron chi connectivity index (χ2n) is 5.75. The van der Waals surface area contributed by atoms with Crippen LogP contribution >= 0.6 is 0 Å². The van der Waals surface area contributed by atoms with Crippen molar-refractivity contribution in [2.75, 3.05) is 6.54 Å². The Bertz CT molecular complexity index is 234.